The SMILES string of the molecule is CC1=Nc2c(c(C)nn2C)C(c2ccc(Cl)cc2C)SC1. The van der Waals surface area contributed by atoms with Crippen molar-refractivity contribution >= 4 is 34.9 Å². The van der Waals surface area contributed by atoms with E-state index in [2.05, 4.69) is 31.9 Å². The van der Waals surface area contributed by atoms with Crippen LogP contribution in [-0.2, 0) is 7.05 Å². The normalized spacial score (nSPS) is 18.1. The summed E-state index contributed by atoms with van der Waals surface area (Å²) in [6, 6.07) is 6.13. The summed E-state index contributed by atoms with van der Waals surface area (Å²) in [6.45, 7) is 6.26. The fourth-order valence-corrected chi connectivity index (χ4v) is 4.37. The van der Waals surface area contributed by atoms with Gasteiger partial charge in [0.25, 0.3) is 0 Å². The molecular weight excluding hydrogens is 302 g/mol. The Morgan fingerprint density at radius 3 is 2.76 bits per heavy atom. The van der Waals surface area contributed by atoms with E-state index in [-0.39, 0.29) is 5.25 Å². The molecule has 3 nitrogen and oxygen atoms in total. The van der Waals surface area contributed by atoms with Gasteiger partial charge in [0.05, 0.1) is 10.9 Å². The Morgan fingerprint density at radius 1 is 1.29 bits per heavy atom. The van der Waals surface area contributed by atoms with Crippen LogP contribution in [0.25, 0.3) is 0 Å². The molecule has 21 heavy (non-hydrogen) atoms. The van der Waals surface area contributed by atoms with E-state index in [0.717, 1.165) is 28.0 Å². The van der Waals surface area contributed by atoms with Crippen molar-refractivity contribution in [3.63, 3.8) is 0 Å². The van der Waals surface area contributed by atoms with Crippen LogP contribution in [0.15, 0.2) is 23.2 Å². The van der Waals surface area contributed by atoms with Gasteiger partial charge in [-0.2, -0.15) is 5.10 Å². The molecule has 3 rings (SSSR count). The number of aryl methyl sites for hydroxylation is 3. The summed E-state index contributed by atoms with van der Waals surface area (Å²) in [5, 5.41) is 5.60. The van der Waals surface area contributed by atoms with Crippen molar-refractivity contribution < 1.29 is 0 Å². The van der Waals surface area contributed by atoms with E-state index < -0.39 is 0 Å². The molecule has 5 heteroatoms. The van der Waals surface area contributed by atoms with Crippen LogP contribution >= 0.6 is 23.4 Å². The Balaban J connectivity index is 2.18. The molecule has 1 aliphatic heterocycles. The van der Waals surface area contributed by atoms with Gasteiger partial charge in [-0.25, -0.2) is 4.99 Å². The third kappa shape index (κ3) is 2.62. The number of aromatic nitrogens is 2. The molecule has 1 atom stereocenters. The molecular formula is C16H18ClN3S. The van der Waals surface area contributed by atoms with Gasteiger partial charge in [-0.15, -0.1) is 11.8 Å². The Morgan fingerprint density at radius 2 is 2.05 bits per heavy atom. The molecule has 0 aliphatic carbocycles. The van der Waals surface area contributed by atoms with E-state index in [1.165, 1.54) is 16.7 Å². The zero-order chi connectivity index (χ0) is 15.1. The quantitative estimate of drug-likeness (QED) is 0.767. The van der Waals surface area contributed by atoms with Gasteiger partial charge >= 0.3 is 0 Å². The van der Waals surface area contributed by atoms with Crippen LogP contribution in [0.4, 0.5) is 5.82 Å². The molecule has 2 heterocycles. The number of hydrogen-bond acceptors (Lipinski definition) is 3. The number of nitrogens with zero attached hydrogens (tertiary/aromatic N) is 3. The highest BCUT2D eigenvalue weighted by molar-refractivity contribution is 8.00. The lowest BCUT2D eigenvalue weighted by atomic mass is 10.00. The van der Waals surface area contributed by atoms with Crippen molar-refractivity contribution in [3.8, 4) is 0 Å². The minimum Gasteiger partial charge on any atom is -0.250 e. The minimum absolute atomic E-state index is 0.257. The van der Waals surface area contributed by atoms with Gasteiger partial charge in [0.15, 0.2) is 5.82 Å². The third-order valence-electron chi connectivity index (χ3n) is 3.77. The molecule has 0 bridgehead atoms. The highest BCUT2D eigenvalue weighted by Gasteiger charge is 2.27. The Bertz CT molecular complexity index is 733. The maximum atomic E-state index is 6.10. The van der Waals surface area contributed by atoms with Gasteiger partial charge in [0.1, 0.15) is 0 Å². The van der Waals surface area contributed by atoms with Gasteiger partial charge < -0.3 is 0 Å². The Hall–Kier alpha value is -1.26. The summed E-state index contributed by atoms with van der Waals surface area (Å²) in [5.41, 5.74) is 5.93. The van der Waals surface area contributed by atoms with Crippen LogP contribution in [0.1, 0.15) is 34.6 Å². The highest BCUT2D eigenvalue weighted by Crippen LogP contribution is 2.45. The van der Waals surface area contributed by atoms with E-state index in [9.17, 15) is 0 Å². The molecule has 1 aromatic heterocycles. The first-order valence-corrected chi connectivity index (χ1v) is 8.35. The third-order valence-corrected chi connectivity index (χ3v) is 5.41. The monoisotopic (exact) mass is 319 g/mol. The average molecular weight is 320 g/mol. The van der Waals surface area contributed by atoms with E-state index in [1.807, 2.05) is 35.6 Å². The number of rotatable bonds is 1. The molecule has 1 aliphatic rings. The number of halogens is 1. The predicted octanol–water partition coefficient (Wildman–Crippen LogP) is 4.62. The summed E-state index contributed by atoms with van der Waals surface area (Å²) < 4.78 is 1.89. The summed E-state index contributed by atoms with van der Waals surface area (Å²) in [5.74, 6) is 1.91. The second-order valence-electron chi connectivity index (χ2n) is 5.49. The Kier molecular flexibility index (Phi) is 3.84. The first-order chi connectivity index (χ1) is 9.97. The van der Waals surface area contributed by atoms with Gasteiger partial charge in [-0.1, -0.05) is 17.7 Å². The Labute approximate surface area is 134 Å². The topological polar surface area (TPSA) is 30.2 Å². The predicted molar refractivity (Wildman–Crippen MR) is 91.2 cm³/mol. The first kappa shape index (κ1) is 14.7. The number of benzene rings is 1. The van der Waals surface area contributed by atoms with Crippen molar-refractivity contribution in [3.05, 3.63) is 45.6 Å². The van der Waals surface area contributed by atoms with Crippen LogP contribution in [0.3, 0.4) is 0 Å². The molecule has 2 aromatic rings. The van der Waals surface area contributed by atoms with E-state index >= 15 is 0 Å². The molecule has 1 unspecified atom stereocenters. The molecule has 0 radical (unpaired) electrons. The highest BCUT2D eigenvalue weighted by atomic mass is 35.5. The second kappa shape index (κ2) is 5.50. The number of fused-ring (bicyclic) bond motifs is 1. The lowest BCUT2D eigenvalue weighted by Crippen LogP contribution is -2.02. The van der Waals surface area contributed by atoms with E-state index in [1.54, 1.807) is 0 Å². The molecule has 110 valence electrons. The van der Waals surface area contributed by atoms with Crippen molar-refractivity contribution in [2.75, 3.05) is 5.75 Å². The van der Waals surface area contributed by atoms with Crippen molar-refractivity contribution in [2.24, 2.45) is 12.0 Å². The summed E-state index contributed by atoms with van der Waals surface area (Å²) in [6.07, 6.45) is 0. The lowest BCUT2D eigenvalue weighted by molar-refractivity contribution is 0.759. The van der Waals surface area contributed by atoms with E-state index in [4.69, 9.17) is 16.6 Å². The van der Waals surface area contributed by atoms with Crippen LogP contribution < -0.4 is 0 Å². The fourth-order valence-electron chi connectivity index (χ4n) is 2.78. The maximum absolute atomic E-state index is 6.10. The fraction of sp³-hybridized carbons (Fsp3) is 0.375. The van der Waals surface area contributed by atoms with Crippen LogP contribution in [0, 0.1) is 13.8 Å². The molecule has 0 amide bonds. The molecule has 0 fully saturated rings. The average Bonchev–Trinajstić information content (AvgIpc) is 2.59. The van der Waals surface area contributed by atoms with Crippen molar-refractivity contribution in [1.29, 1.82) is 0 Å². The zero-order valence-corrected chi connectivity index (χ0v) is 14.2. The minimum atomic E-state index is 0.257. The molecule has 0 saturated heterocycles. The number of aliphatic imine (C=N–C) groups is 1. The lowest BCUT2D eigenvalue weighted by Gasteiger charge is -2.18. The summed E-state index contributed by atoms with van der Waals surface area (Å²) in [4.78, 5) is 4.75. The van der Waals surface area contributed by atoms with Crippen LogP contribution in [0.5, 0.6) is 0 Å². The second-order valence-corrected chi connectivity index (χ2v) is 7.02. The smallest absolute Gasteiger partial charge is 0.155 e. The standard InChI is InChI=1S/C16H18ClN3S/c1-9-7-12(17)5-6-13(9)15-14-11(3)19-20(4)16(14)18-10(2)8-21-15/h5-7,15H,8H2,1-4H3. The van der Waals surface area contributed by atoms with Gasteiger partial charge in [-0.3, -0.25) is 4.68 Å². The largest absolute Gasteiger partial charge is 0.250 e. The number of thioether (sulfide) groups is 1. The van der Waals surface area contributed by atoms with Crippen LogP contribution in [0.2, 0.25) is 5.02 Å². The molecule has 0 spiro atoms. The van der Waals surface area contributed by atoms with E-state index in [0.29, 0.717) is 0 Å². The van der Waals surface area contributed by atoms with Crippen molar-refractivity contribution in [2.45, 2.75) is 26.0 Å². The first-order valence-electron chi connectivity index (χ1n) is 6.92. The van der Waals surface area contributed by atoms with Gasteiger partial charge in [0.2, 0.25) is 0 Å². The van der Waals surface area contributed by atoms with Gasteiger partial charge in [-0.05, 0) is 44.0 Å². The molecule has 1 aromatic carbocycles. The number of hydrogen-bond donors (Lipinski definition) is 0. The summed E-state index contributed by atoms with van der Waals surface area (Å²) in [7, 11) is 1.96. The zero-order valence-electron chi connectivity index (χ0n) is 12.6. The maximum Gasteiger partial charge on any atom is 0.155 e. The molecule has 0 saturated carbocycles. The summed E-state index contributed by atoms with van der Waals surface area (Å²) >= 11 is 8.01. The van der Waals surface area contributed by atoms with Crippen LogP contribution in [-0.4, -0.2) is 21.2 Å². The van der Waals surface area contributed by atoms with Crippen molar-refractivity contribution in [1.82, 2.24) is 9.78 Å². The van der Waals surface area contributed by atoms with Gasteiger partial charge in [0, 0.05) is 29.1 Å². The molecule has 0 N–H and O–H groups in total.